The van der Waals surface area contributed by atoms with Crippen molar-refractivity contribution in [2.75, 3.05) is 13.1 Å². The Balaban J connectivity index is 0.00000225. The van der Waals surface area contributed by atoms with Crippen molar-refractivity contribution in [1.29, 1.82) is 0 Å². The van der Waals surface area contributed by atoms with Gasteiger partial charge in [0.05, 0.1) is 6.04 Å². The third-order valence-electron chi connectivity index (χ3n) is 4.83. The molecule has 136 valence electrons. The van der Waals surface area contributed by atoms with E-state index in [1.165, 1.54) is 24.3 Å². The molecule has 5 heteroatoms. The van der Waals surface area contributed by atoms with Crippen LogP contribution in [0.2, 0.25) is 0 Å². The van der Waals surface area contributed by atoms with Gasteiger partial charge in [-0.1, -0.05) is 31.2 Å². The van der Waals surface area contributed by atoms with Crippen molar-refractivity contribution in [3.8, 4) is 0 Å². The first-order valence-electron chi connectivity index (χ1n) is 8.58. The van der Waals surface area contributed by atoms with Crippen LogP contribution in [0.1, 0.15) is 37.4 Å². The van der Waals surface area contributed by atoms with Gasteiger partial charge in [-0.25, -0.2) is 8.78 Å². The second-order valence-electron chi connectivity index (χ2n) is 6.57. The minimum atomic E-state index is -0.239. The molecule has 0 unspecified atom stereocenters. The molecule has 0 bridgehead atoms. The van der Waals surface area contributed by atoms with Crippen molar-refractivity contribution in [2.24, 2.45) is 0 Å². The molecule has 0 radical (unpaired) electrons. The summed E-state index contributed by atoms with van der Waals surface area (Å²) in [7, 11) is 0. The van der Waals surface area contributed by atoms with Crippen molar-refractivity contribution in [3.63, 3.8) is 0 Å². The van der Waals surface area contributed by atoms with Gasteiger partial charge in [0.2, 0.25) is 0 Å². The van der Waals surface area contributed by atoms with Gasteiger partial charge in [0, 0.05) is 25.2 Å². The van der Waals surface area contributed by atoms with Crippen LogP contribution < -0.4 is 5.32 Å². The van der Waals surface area contributed by atoms with E-state index in [0.717, 1.165) is 30.6 Å². The van der Waals surface area contributed by atoms with Gasteiger partial charge >= 0.3 is 0 Å². The fraction of sp³-hybridized carbons (Fsp3) is 0.400. The molecular weight excluding hydrogens is 342 g/mol. The van der Waals surface area contributed by atoms with Gasteiger partial charge in [-0.15, -0.1) is 12.4 Å². The highest BCUT2D eigenvalue weighted by molar-refractivity contribution is 5.85. The fourth-order valence-electron chi connectivity index (χ4n) is 3.54. The molecule has 2 aromatic carbocycles. The van der Waals surface area contributed by atoms with Crippen LogP contribution in [0.5, 0.6) is 0 Å². The molecule has 2 atom stereocenters. The van der Waals surface area contributed by atoms with Crippen LogP contribution in [0.4, 0.5) is 8.78 Å². The van der Waals surface area contributed by atoms with Gasteiger partial charge in [0.25, 0.3) is 0 Å². The lowest BCUT2D eigenvalue weighted by Gasteiger charge is -2.44. The smallest absolute Gasteiger partial charge is 0.123 e. The van der Waals surface area contributed by atoms with Gasteiger partial charge in [-0.3, -0.25) is 4.90 Å². The van der Waals surface area contributed by atoms with Crippen molar-refractivity contribution < 1.29 is 8.78 Å². The molecule has 0 aliphatic carbocycles. The van der Waals surface area contributed by atoms with E-state index >= 15 is 0 Å². The lowest BCUT2D eigenvalue weighted by molar-refractivity contribution is 0.0995. The summed E-state index contributed by atoms with van der Waals surface area (Å²) >= 11 is 0. The summed E-state index contributed by atoms with van der Waals surface area (Å²) in [4.78, 5) is 2.46. The molecule has 2 nitrogen and oxygen atoms in total. The van der Waals surface area contributed by atoms with Gasteiger partial charge in [-0.05, 0) is 48.7 Å². The Kier molecular flexibility index (Phi) is 6.94. The van der Waals surface area contributed by atoms with Crippen molar-refractivity contribution in [1.82, 2.24) is 10.2 Å². The van der Waals surface area contributed by atoms with Crippen LogP contribution in [0.15, 0.2) is 48.5 Å². The molecule has 1 aliphatic rings. The number of halogens is 3. The number of hydrogen-bond donors (Lipinski definition) is 1. The standard InChI is InChI=1S/C20H24F2N2.ClH/c1-3-19-12-23-14(2)13-24(19)20(15-4-8-17(21)9-5-15)16-6-10-18(22)11-7-16;/h4-11,14,19-20,23H,3,12-13H2,1-2H3;1H/t14-,19+;/m0./s1. The molecule has 0 spiro atoms. The molecule has 3 rings (SSSR count). The zero-order chi connectivity index (χ0) is 17.1. The molecule has 25 heavy (non-hydrogen) atoms. The molecule has 1 aliphatic heterocycles. The molecular formula is C20H25ClF2N2. The zero-order valence-corrected chi connectivity index (χ0v) is 15.4. The Morgan fingerprint density at radius 2 is 1.48 bits per heavy atom. The molecule has 0 aromatic heterocycles. The Morgan fingerprint density at radius 1 is 1.00 bits per heavy atom. The third-order valence-corrected chi connectivity index (χ3v) is 4.83. The average molecular weight is 367 g/mol. The molecule has 0 saturated carbocycles. The van der Waals surface area contributed by atoms with E-state index in [4.69, 9.17) is 0 Å². The highest BCUT2D eigenvalue weighted by Gasteiger charge is 2.32. The number of piperazine rings is 1. The maximum absolute atomic E-state index is 13.4. The number of hydrogen-bond acceptors (Lipinski definition) is 2. The van der Waals surface area contributed by atoms with E-state index in [1.54, 1.807) is 0 Å². The van der Waals surface area contributed by atoms with E-state index < -0.39 is 0 Å². The predicted molar refractivity (Wildman–Crippen MR) is 100 cm³/mol. The van der Waals surface area contributed by atoms with Crippen LogP contribution >= 0.6 is 12.4 Å². The predicted octanol–water partition coefficient (Wildman–Crippen LogP) is 4.55. The van der Waals surface area contributed by atoms with Gasteiger partial charge in [-0.2, -0.15) is 0 Å². The van der Waals surface area contributed by atoms with Crippen LogP contribution in [-0.2, 0) is 0 Å². The molecule has 0 amide bonds. The van der Waals surface area contributed by atoms with Crippen molar-refractivity contribution in [2.45, 2.75) is 38.4 Å². The highest BCUT2D eigenvalue weighted by Crippen LogP contribution is 2.32. The van der Waals surface area contributed by atoms with Crippen LogP contribution in [0.3, 0.4) is 0 Å². The Labute approximate surface area is 154 Å². The average Bonchev–Trinajstić information content (AvgIpc) is 2.59. The van der Waals surface area contributed by atoms with Crippen molar-refractivity contribution >= 4 is 12.4 Å². The lowest BCUT2D eigenvalue weighted by atomic mass is 9.93. The first-order valence-corrected chi connectivity index (χ1v) is 8.58. The maximum atomic E-state index is 13.4. The minimum absolute atomic E-state index is 0. The minimum Gasteiger partial charge on any atom is -0.311 e. The summed E-state index contributed by atoms with van der Waals surface area (Å²) in [5.74, 6) is -0.477. The summed E-state index contributed by atoms with van der Waals surface area (Å²) < 4.78 is 26.8. The van der Waals surface area contributed by atoms with Gasteiger partial charge < -0.3 is 5.32 Å². The lowest BCUT2D eigenvalue weighted by Crippen LogP contribution is -2.56. The topological polar surface area (TPSA) is 15.3 Å². The van der Waals surface area contributed by atoms with E-state index in [0.29, 0.717) is 12.1 Å². The number of rotatable bonds is 4. The van der Waals surface area contributed by atoms with E-state index in [2.05, 4.69) is 24.1 Å². The highest BCUT2D eigenvalue weighted by atomic mass is 35.5. The normalized spacial score (nSPS) is 21.2. The second-order valence-corrected chi connectivity index (χ2v) is 6.57. The van der Waals surface area contributed by atoms with E-state index in [1.807, 2.05) is 24.3 Å². The van der Waals surface area contributed by atoms with Crippen LogP contribution in [0, 0.1) is 11.6 Å². The SMILES string of the molecule is CC[C@@H]1CN[C@@H](C)CN1C(c1ccc(F)cc1)c1ccc(F)cc1.Cl. The largest absolute Gasteiger partial charge is 0.311 e. The first kappa shape index (κ1) is 19.8. The summed E-state index contributed by atoms with van der Waals surface area (Å²) in [6, 6.07) is 14.1. The van der Waals surface area contributed by atoms with Crippen LogP contribution in [-0.4, -0.2) is 30.1 Å². The molecule has 1 saturated heterocycles. The molecule has 2 aromatic rings. The van der Waals surface area contributed by atoms with E-state index in [9.17, 15) is 8.78 Å². The van der Waals surface area contributed by atoms with Crippen LogP contribution in [0.25, 0.3) is 0 Å². The molecule has 1 fully saturated rings. The summed E-state index contributed by atoms with van der Waals surface area (Å²) in [6.07, 6.45) is 1.03. The number of nitrogens with one attached hydrogen (secondary N) is 1. The van der Waals surface area contributed by atoms with Gasteiger partial charge in [0.1, 0.15) is 11.6 Å². The Morgan fingerprint density at radius 3 is 1.92 bits per heavy atom. The quantitative estimate of drug-likeness (QED) is 0.854. The number of benzene rings is 2. The number of nitrogens with zero attached hydrogens (tertiary/aromatic N) is 1. The first-order chi connectivity index (χ1) is 11.6. The molecule has 1 heterocycles. The zero-order valence-electron chi connectivity index (χ0n) is 14.6. The summed E-state index contributed by atoms with van der Waals surface area (Å²) in [5.41, 5.74) is 2.08. The third kappa shape index (κ3) is 4.57. The Hall–Kier alpha value is -1.49. The van der Waals surface area contributed by atoms with E-state index in [-0.39, 0.29) is 30.1 Å². The van der Waals surface area contributed by atoms with Crippen molar-refractivity contribution in [3.05, 3.63) is 71.3 Å². The fourth-order valence-corrected chi connectivity index (χ4v) is 3.54. The maximum Gasteiger partial charge on any atom is 0.123 e. The summed E-state index contributed by atoms with van der Waals surface area (Å²) in [6.45, 7) is 6.18. The molecule has 1 N–H and O–H groups in total. The second kappa shape index (κ2) is 8.75. The summed E-state index contributed by atoms with van der Waals surface area (Å²) in [5, 5.41) is 3.53. The Bertz CT molecular complexity index is 615. The monoisotopic (exact) mass is 366 g/mol. The van der Waals surface area contributed by atoms with Gasteiger partial charge in [0.15, 0.2) is 0 Å².